The van der Waals surface area contributed by atoms with Crippen molar-refractivity contribution in [2.24, 2.45) is 5.92 Å². The summed E-state index contributed by atoms with van der Waals surface area (Å²) in [4.78, 5) is 0. The molecule has 2 aromatic rings. The number of hydrogen-bond donors (Lipinski definition) is 1. The molecule has 2 N–H and O–H groups in total. The van der Waals surface area contributed by atoms with Crippen LogP contribution in [-0.4, -0.2) is 27.3 Å². The zero-order chi connectivity index (χ0) is 15.4. The third-order valence-corrected chi connectivity index (χ3v) is 3.84. The lowest BCUT2D eigenvalue weighted by molar-refractivity contribution is 0.371. The van der Waals surface area contributed by atoms with E-state index in [4.69, 9.17) is 10.5 Å². The number of rotatable bonds is 6. The van der Waals surface area contributed by atoms with Gasteiger partial charge < -0.3 is 10.5 Å². The van der Waals surface area contributed by atoms with Crippen molar-refractivity contribution in [1.29, 1.82) is 0 Å². The highest BCUT2D eigenvalue weighted by Gasteiger charge is 2.17. The van der Waals surface area contributed by atoms with E-state index in [9.17, 15) is 0 Å². The number of aromatic nitrogens is 4. The second kappa shape index (κ2) is 6.56. The second-order valence-corrected chi connectivity index (χ2v) is 5.50. The van der Waals surface area contributed by atoms with Gasteiger partial charge in [-0.15, -0.1) is 5.10 Å². The van der Waals surface area contributed by atoms with Crippen molar-refractivity contribution in [2.75, 3.05) is 12.8 Å². The number of hydrogen-bond acceptors (Lipinski definition) is 5. The van der Waals surface area contributed by atoms with Crippen LogP contribution in [0.5, 0.6) is 5.75 Å². The van der Waals surface area contributed by atoms with Crippen molar-refractivity contribution in [3.8, 4) is 17.1 Å². The van der Waals surface area contributed by atoms with Crippen molar-refractivity contribution in [2.45, 2.75) is 39.7 Å². The Morgan fingerprint density at radius 1 is 1.33 bits per heavy atom. The van der Waals surface area contributed by atoms with Crippen molar-refractivity contribution < 1.29 is 4.74 Å². The van der Waals surface area contributed by atoms with E-state index in [2.05, 4.69) is 36.3 Å². The van der Waals surface area contributed by atoms with E-state index in [1.54, 1.807) is 7.11 Å². The molecule has 0 saturated carbocycles. The fourth-order valence-corrected chi connectivity index (χ4v) is 2.38. The number of benzene rings is 1. The number of methoxy groups -OCH3 is 1. The number of nitrogen functional groups attached to an aromatic ring is 1. The van der Waals surface area contributed by atoms with Gasteiger partial charge in [0.2, 0.25) is 0 Å². The molecular formula is C15H23N5O. The molecule has 0 aliphatic heterocycles. The molecule has 0 aliphatic rings. The van der Waals surface area contributed by atoms with Crippen LogP contribution in [-0.2, 0) is 0 Å². The zero-order valence-electron chi connectivity index (χ0n) is 13.1. The van der Waals surface area contributed by atoms with E-state index in [0.717, 1.165) is 24.2 Å². The normalized spacial score (nSPS) is 13.9. The van der Waals surface area contributed by atoms with E-state index in [1.807, 2.05) is 22.9 Å². The molecule has 1 aromatic carbocycles. The van der Waals surface area contributed by atoms with Gasteiger partial charge in [0.1, 0.15) is 5.75 Å². The smallest absolute Gasteiger partial charge is 0.182 e. The predicted octanol–water partition coefficient (Wildman–Crippen LogP) is 2.93. The summed E-state index contributed by atoms with van der Waals surface area (Å²) in [7, 11) is 1.60. The third kappa shape index (κ3) is 3.32. The van der Waals surface area contributed by atoms with Gasteiger partial charge in [-0.3, -0.25) is 0 Å². The first-order valence-electron chi connectivity index (χ1n) is 7.28. The Bertz CT molecular complexity index is 595. The quantitative estimate of drug-likeness (QED) is 0.827. The Kier molecular flexibility index (Phi) is 4.77. The molecule has 0 spiro atoms. The van der Waals surface area contributed by atoms with Gasteiger partial charge in [0, 0.05) is 5.56 Å². The summed E-state index contributed by atoms with van der Waals surface area (Å²) in [6.45, 7) is 6.58. The molecule has 0 bridgehead atoms. The van der Waals surface area contributed by atoms with Crippen LogP contribution in [0.1, 0.15) is 39.7 Å². The molecule has 0 amide bonds. The maximum Gasteiger partial charge on any atom is 0.182 e. The lowest BCUT2D eigenvalue weighted by Gasteiger charge is -2.17. The maximum atomic E-state index is 5.85. The van der Waals surface area contributed by atoms with E-state index >= 15 is 0 Å². The van der Waals surface area contributed by atoms with Gasteiger partial charge in [-0.1, -0.05) is 20.3 Å². The van der Waals surface area contributed by atoms with Gasteiger partial charge in [0.15, 0.2) is 5.82 Å². The van der Waals surface area contributed by atoms with Gasteiger partial charge in [0.25, 0.3) is 0 Å². The Morgan fingerprint density at radius 3 is 2.76 bits per heavy atom. The lowest BCUT2D eigenvalue weighted by atomic mass is 10.0. The molecule has 0 radical (unpaired) electrons. The highest BCUT2D eigenvalue weighted by molar-refractivity contribution is 5.65. The summed E-state index contributed by atoms with van der Waals surface area (Å²) in [6, 6.07) is 5.84. The molecule has 2 rings (SSSR count). The molecule has 21 heavy (non-hydrogen) atoms. The van der Waals surface area contributed by atoms with Crippen LogP contribution >= 0.6 is 0 Å². The average molecular weight is 289 g/mol. The number of nitrogens with zero attached hydrogens (tertiary/aromatic N) is 4. The number of anilines is 1. The molecule has 1 aromatic heterocycles. The van der Waals surface area contributed by atoms with Gasteiger partial charge in [-0.05, 0) is 47.9 Å². The summed E-state index contributed by atoms with van der Waals surface area (Å²) >= 11 is 0. The Morgan fingerprint density at radius 2 is 2.10 bits per heavy atom. The van der Waals surface area contributed by atoms with E-state index in [1.165, 1.54) is 0 Å². The van der Waals surface area contributed by atoms with Crippen molar-refractivity contribution >= 4 is 5.69 Å². The highest BCUT2D eigenvalue weighted by Crippen LogP contribution is 2.29. The molecule has 6 heteroatoms. The molecule has 1 heterocycles. The topological polar surface area (TPSA) is 78.9 Å². The minimum Gasteiger partial charge on any atom is -0.495 e. The molecule has 114 valence electrons. The molecular weight excluding hydrogens is 266 g/mol. The summed E-state index contributed by atoms with van der Waals surface area (Å²) in [5.41, 5.74) is 7.36. The molecule has 0 fully saturated rings. The van der Waals surface area contributed by atoms with Crippen molar-refractivity contribution in [3.05, 3.63) is 18.2 Å². The van der Waals surface area contributed by atoms with Gasteiger partial charge in [0.05, 0.1) is 18.8 Å². The molecule has 0 saturated heterocycles. The van der Waals surface area contributed by atoms with Crippen LogP contribution < -0.4 is 10.5 Å². The summed E-state index contributed by atoms with van der Waals surface area (Å²) in [5, 5.41) is 12.1. The minimum absolute atomic E-state index is 0.244. The third-order valence-electron chi connectivity index (χ3n) is 3.84. The average Bonchev–Trinajstić information content (AvgIpc) is 2.97. The van der Waals surface area contributed by atoms with Crippen LogP contribution in [0.2, 0.25) is 0 Å². The van der Waals surface area contributed by atoms with Crippen LogP contribution in [0.25, 0.3) is 11.4 Å². The largest absolute Gasteiger partial charge is 0.495 e. The first-order chi connectivity index (χ1) is 10.1. The van der Waals surface area contributed by atoms with Crippen molar-refractivity contribution in [3.63, 3.8) is 0 Å². The fourth-order valence-electron chi connectivity index (χ4n) is 2.38. The van der Waals surface area contributed by atoms with Crippen LogP contribution in [0.3, 0.4) is 0 Å². The van der Waals surface area contributed by atoms with Crippen LogP contribution in [0, 0.1) is 5.92 Å². The Labute approximate surface area is 125 Å². The molecule has 0 aliphatic carbocycles. The van der Waals surface area contributed by atoms with Crippen molar-refractivity contribution in [1.82, 2.24) is 20.2 Å². The zero-order valence-corrected chi connectivity index (χ0v) is 13.1. The minimum atomic E-state index is 0.244. The molecule has 2 unspecified atom stereocenters. The Hall–Kier alpha value is -2.11. The number of ether oxygens (including phenoxy) is 1. The SMILES string of the molecule is CCC(C)CC(C)n1nnnc1-c1ccc(N)c(OC)c1. The van der Waals surface area contributed by atoms with Crippen LogP contribution in [0.15, 0.2) is 18.2 Å². The predicted molar refractivity (Wildman–Crippen MR) is 83.0 cm³/mol. The number of nitrogens with two attached hydrogens (primary N) is 1. The van der Waals surface area contributed by atoms with E-state index < -0.39 is 0 Å². The lowest BCUT2D eigenvalue weighted by Crippen LogP contribution is -2.12. The summed E-state index contributed by atoms with van der Waals surface area (Å²) in [6.07, 6.45) is 2.19. The number of tetrazole rings is 1. The van der Waals surface area contributed by atoms with Gasteiger partial charge in [-0.25, -0.2) is 4.68 Å². The summed E-state index contributed by atoms with van der Waals surface area (Å²) < 4.78 is 7.14. The second-order valence-electron chi connectivity index (χ2n) is 5.50. The Balaban J connectivity index is 2.31. The van der Waals surface area contributed by atoms with Crippen LogP contribution in [0.4, 0.5) is 5.69 Å². The summed E-state index contributed by atoms with van der Waals surface area (Å²) in [5.74, 6) is 2.01. The highest BCUT2D eigenvalue weighted by atomic mass is 16.5. The van der Waals surface area contributed by atoms with E-state index in [0.29, 0.717) is 17.4 Å². The standard InChI is InChI=1S/C15H23N5O/c1-5-10(2)8-11(3)20-15(17-18-19-20)12-6-7-13(16)14(9-12)21-4/h6-7,9-11H,5,8,16H2,1-4H3. The van der Waals surface area contributed by atoms with Gasteiger partial charge >= 0.3 is 0 Å². The first-order valence-corrected chi connectivity index (χ1v) is 7.28. The maximum absolute atomic E-state index is 5.85. The van der Waals surface area contributed by atoms with E-state index in [-0.39, 0.29) is 6.04 Å². The van der Waals surface area contributed by atoms with Gasteiger partial charge in [-0.2, -0.15) is 0 Å². The molecule has 2 atom stereocenters. The monoisotopic (exact) mass is 289 g/mol. The fraction of sp³-hybridized carbons (Fsp3) is 0.533. The first kappa shape index (κ1) is 15.3. The molecule has 6 nitrogen and oxygen atoms in total.